The number of hydrogen-bond acceptors (Lipinski definition) is 3. The molecule has 1 spiro atoms. The van der Waals surface area contributed by atoms with E-state index >= 15 is 0 Å². The smallest absolute Gasteiger partial charge is 0.312 e. The van der Waals surface area contributed by atoms with Crippen LogP contribution in [-0.4, -0.2) is 53.4 Å². The van der Waals surface area contributed by atoms with Gasteiger partial charge in [0.25, 0.3) is 0 Å². The van der Waals surface area contributed by atoms with Gasteiger partial charge in [-0.05, 0) is 45.7 Å². The molecular weight excluding hydrogens is 228 g/mol. The quantitative estimate of drug-likeness (QED) is 0.802. The molecule has 2 aliphatic heterocycles. The number of likely N-dealkylation sites (tertiary alicyclic amines) is 1. The Hall–Kier alpha value is -1.10. The highest BCUT2D eigenvalue weighted by molar-refractivity contribution is 6.08. The van der Waals surface area contributed by atoms with Crippen molar-refractivity contribution in [2.24, 2.45) is 0 Å². The summed E-state index contributed by atoms with van der Waals surface area (Å²) in [5.74, 6) is 0.410. The van der Waals surface area contributed by atoms with Crippen molar-refractivity contribution in [2.45, 2.75) is 45.1 Å². The summed E-state index contributed by atoms with van der Waals surface area (Å²) >= 11 is 0. The molecule has 102 valence electrons. The van der Waals surface area contributed by atoms with Gasteiger partial charge in [-0.2, -0.15) is 0 Å². The van der Waals surface area contributed by atoms with E-state index in [4.69, 9.17) is 5.41 Å². The fourth-order valence-electron chi connectivity index (χ4n) is 3.30. The lowest BCUT2D eigenvalue weighted by Gasteiger charge is -2.35. The number of carbonyl (C=O) groups excluding carboxylic acids is 1. The third kappa shape index (κ3) is 2.11. The minimum Gasteiger partial charge on any atom is -0.312 e. The number of amides is 2. The molecule has 2 heterocycles. The van der Waals surface area contributed by atoms with Crippen LogP contribution in [0.4, 0.5) is 4.79 Å². The predicted octanol–water partition coefficient (Wildman–Crippen LogP) is 1.64. The van der Waals surface area contributed by atoms with Gasteiger partial charge >= 0.3 is 6.03 Å². The maximum absolute atomic E-state index is 11.9. The van der Waals surface area contributed by atoms with Gasteiger partial charge in [0, 0.05) is 13.1 Å². The van der Waals surface area contributed by atoms with E-state index in [1.165, 1.54) is 6.42 Å². The fraction of sp³-hybridized carbons (Fsp3) is 0.846. The lowest BCUT2D eigenvalue weighted by Crippen LogP contribution is -2.50. The molecule has 5 nitrogen and oxygen atoms in total. The maximum Gasteiger partial charge on any atom is 0.323 e. The highest BCUT2D eigenvalue weighted by Gasteiger charge is 2.49. The Bertz CT molecular complexity index is 344. The van der Waals surface area contributed by atoms with Crippen LogP contribution in [0.25, 0.3) is 0 Å². The van der Waals surface area contributed by atoms with Gasteiger partial charge in [-0.15, -0.1) is 0 Å². The van der Waals surface area contributed by atoms with Crippen molar-refractivity contribution in [3.8, 4) is 0 Å². The van der Waals surface area contributed by atoms with E-state index in [0.29, 0.717) is 12.4 Å². The molecule has 2 rings (SSSR count). The molecule has 0 radical (unpaired) electrons. The summed E-state index contributed by atoms with van der Waals surface area (Å²) in [7, 11) is 0. The number of hydrogen-bond donors (Lipinski definition) is 2. The Balaban J connectivity index is 2.15. The Morgan fingerprint density at radius 2 is 2.11 bits per heavy atom. The van der Waals surface area contributed by atoms with Crippen LogP contribution in [0.2, 0.25) is 0 Å². The number of carbonyl (C=O) groups is 1. The standard InChI is InChI=1S/C13H24N4O/c1-3-8-16-9-5-6-13(7-10-16)11(14)15-12(18)17(13)4-2/h3-10H2,1-2H3,(H2,14,15,18). The van der Waals surface area contributed by atoms with Crippen molar-refractivity contribution in [3.05, 3.63) is 0 Å². The summed E-state index contributed by atoms with van der Waals surface area (Å²) < 4.78 is 0. The van der Waals surface area contributed by atoms with Gasteiger partial charge in [-0.1, -0.05) is 6.92 Å². The van der Waals surface area contributed by atoms with E-state index in [1.54, 1.807) is 0 Å². The van der Waals surface area contributed by atoms with Gasteiger partial charge in [0.05, 0.1) is 0 Å². The normalized spacial score (nSPS) is 29.8. The molecule has 2 saturated heterocycles. The van der Waals surface area contributed by atoms with Crippen molar-refractivity contribution in [1.29, 1.82) is 5.41 Å². The van der Waals surface area contributed by atoms with Gasteiger partial charge in [-0.3, -0.25) is 10.7 Å². The highest BCUT2D eigenvalue weighted by Crippen LogP contribution is 2.33. The summed E-state index contributed by atoms with van der Waals surface area (Å²) in [5, 5.41) is 10.8. The van der Waals surface area contributed by atoms with E-state index in [1.807, 2.05) is 11.8 Å². The summed E-state index contributed by atoms with van der Waals surface area (Å²) in [6.07, 6.45) is 4.03. The molecule has 0 aliphatic carbocycles. The van der Waals surface area contributed by atoms with Gasteiger partial charge < -0.3 is 9.80 Å². The van der Waals surface area contributed by atoms with Crippen LogP contribution in [-0.2, 0) is 0 Å². The van der Waals surface area contributed by atoms with Crippen molar-refractivity contribution in [2.75, 3.05) is 26.2 Å². The largest absolute Gasteiger partial charge is 0.323 e. The molecule has 2 amide bonds. The molecule has 1 atom stereocenters. The fourth-order valence-corrected chi connectivity index (χ4v) is 3.30. The number of likely N-dealkylation sites (N-methyl/N-ethyl adjacent to an activating group) is 1. The number of urea groups is 1. The van der Waals surface area contributed by atoms with E-state index in [0.717, 1.165) is 38.9 Å². The second kappa shape index (κ2) is 5.26. The van der Waals surface area contributed by atoms with E-state index in [2.05, 4.69) is 17.1 Å². The maximum atomic E-state index is 11.9. The molecule has 0 saturated carbocycles. The molecule has 1 unspecified atom stereocenters. The second-order valence-corrected chi connectivity index (χ2v) is 5.28. The lowest BCUT2D eigenvalue weighted by atomic mass is 9.88. The molecule has 2 fully saturated rings. The third-order valence-electron chi connectivity index (χ3n) is 4.22. The van der Waals surface area contributed by atoms with Crippen LogP contribution in [0, 0.1) is 5.41 Å². The molecule has 0 bridgehead atoms. The van der Waals surface area contributed by atoms with Crippen LogP contribution in [0.1, 0.15) is 39.5 Å². The molecule has 0 aromatic heterocycles. The van der Waals surface area contributed by atoms with E-state index in [9.17, 15) is 4.79 Å². The lowest BCUT2D eigenvalue weighted by molar-refractivity contribution is 0.166. The average molecular weight is 252 g/mol. The zero-order chi connectivity index (χ0) is 13.2. The Morgan fingerprint density at radius 3 is 2.78 bits per heavy atom. The first-order chi connectivity index (χ1) is 8.64. The summed E-state index contributed by atoms with van der Waals surface area (Å²) in [6.45, 7) is 8.07. The number of rotatable bonds is 3. The molecule has 0 aromatic carbocycles. The van der Waals surface area contributed by atoms with Crippen molar-refractivity contribution in [3.63, 3.8) is 0 Å². The monoisotopic (exact) mass is 252 g/mol. The minimum atomic E-state index is -0.353. The van der Waals surface area contributed by atoms with Crippen molar-refractivity contribution >= 4 is 11.9 Å². The molecule has 18 heavy (non-hydrogen) atoms. The zero-order valence-corrected chi connectivity index (χ0v) is 11.5. The second-order valence-electron chi connectivity index (χ2n) is 5.28. The summed E-state index contributed by atoms with van der Waals surface area (Å²) in [4.78, 5) is 16.2. The van der Waals surface area contributed by atoms with Crippen LogP contribution < -0.4 is 5.32 Å². The molecule has 2 N–H and O–H groups in total. The van der Waals surface area contributed by atoms with E-state index < -0.39 is 0 Å². The molecule has 2 aliphatic rings. The third-order valence-corrected chi connectivity index (χ3v) is 4.22. The Kier molecular flexibility index (Phi) is 3.90. The van der Waals surface area contributed by atoms with Crippen molar-refractivity contribution in [1.82, 2.24) is 15.1 Å². The predicted molar refractivity (Wildman–Crippen MR) is 72.0 cm³/mol. The van der Waals surface area contributed by atoms with Crippen molar-refractivity contribution < 1.29 is 4.79 Å². The molecule has 5 heteroatoms. The van der Waals surface area contributed by atoms with Crippen LogP contribution >= 0.6 is 0 Å². The summed E-state index contributed by atoms with van der Waals surface area (Å²) in [5.41, 5.74) is -0.353. The zero-order valence-electron chi connectivity index (χ0n) is 11.5. The minimum absolute atomic E-state index is 0.0913. The van der Waals surface area contributed by atoms with Crippen LogP contribution in [0.3, 0.4) is 0 Å². The topological polar surface area (TPSA) is 59.4 Å². The van der Waals surface area contributed by atoms with Gasteiger partial charge in [0.1, 0.15) is 11.4 Å². The van der Waals surface area contributed by atoms with Gasteiger partial charge in [-0.25, -0.2) is 4.79 Å². The van der Waals surface area contributed by atoms with Gasteiger partial charge in [0.15, 0.2) is 0 Å². The first kappa shape index (κ1) is 13.3. The SMILES string of the molecule is CCCN1CCCC2(CC1)C(=N)NC(=O)N2CC. The number of nitrogens with one attached hydrogen (secondary N) is 2. The van der Waals surface area contributed by atoms with Gasteiger partial charge in [0.2, 0.25) is 0 Å². The number of amidine groups is 1. The Labute approximate surface area is 109 Å². The van der Waals surface area contributed by atoms with Crippen LogP contribution in [0.5, 0.6) is 0 Å². The molecular formula is C13H24N4O. The highest BCUT2D eigenvalue weighted by atomic mass is 16.2. The molecule has 0 aromatic rings. The average Bonchev–Trinajstić information content (AvgIpc) is 2.50. The number of nitrogens with zero attached hydrogens (tertiary/aromatic N) is 2. The first-order valence-corrected chi connectivity index (χ1v) is 7.04. The summed E-state index contributed by atoms with van der Waals surface area (Å²) in [6, 6.07) is -0.0913. The van der Waals surface area contributed by atoms with E-state index in [-0.39, 0.29) is 11.6 Å². The Morgan fingerprint density at radius 1 is 1.33 bits per heavy atom. The first-order valence-electron chi connectivity index (χ1n) is 7.04. The van der Waals surface area contributed by atoms with Crippen LogP contribution in [0.15, 0.2) is 0 Å².